The van der Waals surface area contributed by atoms with Crippen LogP contribution in [0.15, 0.2) is 6.07 Å². The molecule has 7 nitrogen and oxygen atoms in total. The standard InChI is InChI=1S/C14H21N5O2/c1-8-6-10(12(13(15)20)9(2)18-8)19-5-4-17-7-11(19)14(21)16-3/h6,11,17H,4-5,7H2,1-3H3,(H2,15,20)(H,16,21). The summed E-state index contributed by atoms with van der Waals surface area (Å²) in [6, 6.07) is 1.44. The van der Waals surface area contributed by atoms with Crippen molar-refractivity contribution in [3.63, 3.8) is 0 Å². The van der Waals surface area contributed by atoms with Gasteiger partial charge in [-0.15, -0.1) is 0 Å². The molecule has 2 heterocycles. The Bertz CT molecular complexity index is 573. The Balaban J connectivity index is 2.52. The third-order valence-corrected chi connectivity index (χ3v) is 3.66. The molecule has 1 aliphatic rings. The molecule has 1 aromatic rings. The van der Waals surface area contributed by atoms with Crippen molar-refractivity contribution in [2.75, 3.05) is 31.6 Å². The molecule has 1 saturated heterocycles. The van der Waals surface area contributed by atoms with E-state index in [4.69, 9.17) is 5.73 Å². The molecule has 2 amide bonds. The Hall–Kier alpha value is -2.15. The van der Waals surface area contributed by atoms with E-state index in [1.807, 2.05) is 17.9 Å². The molecular formula is C14H21N5O2. The highest BCUT2D eigenvalue weighted by atomic mass is 16.2. The second-order valence-corrected chi connectivity index (χ2v) is 5.13. The molecule has 0 saturated carbocycles. The van der Waals surface area contributed by atoms with Crippen LogP contribution in [0.5, 0.6) is 0 Å². The lowest BCUT2D eigenvalue weighted by atomic mass is 10.1. The van der Waals surface area contributed by atoms with Crippen LogP contribution in [0.3, 0.4) is 0 Å². The summed E-state index contributed by atoms with van der Waals surface area (Å²) in [6.07, 6.45) is 0. The molecule has 7 heteroatoms. The number of hydrogen-bond acceptors (Lipinski definition) is 5. The number of nitrogens with two attached hydrogens (primary N) is 1. The lowest BCUT2D eigenvalue weighted by Crippen LogP contribution is -2.58. The summed E-state index contributed by atoms with van der Waals surface area (Å²) >= 11 is 0. The first-order valence-electron chi connectivity index (χ1n) is 6.92. The number of piperazine rings is 1. The Kier molecular flexibility index (Phi) is 4.42. The number of rotatable bonds is 3. The number of aryl methyl sites for hydroxylation is 2. The van der Waals surface area contributed by atoms with Crippen molar-refractivity contribution in [2.45, 2.75) is 19.9 Å². The maximum Gasteiger partial charge on any atom is 0.252 e. The third kappa shape index (κ3) is 2.97. The van der Waals surface area contributed by atoms with Crippen LogP contribution in [0.2, 0.25) is 0 Å². The minimum atomic E-state index is -0.524. The molecule has 1 fully saturated rings. The molecule has 1 unspecified atom stereocenters. The van der Waals surface area contributed by atoms with Crippen LogP contribution in [0, 0.1) is 13.8 Å². The molecule has 0 radical (unpaired) electrons. The fraction of sp³-hybridized carbons (Fsp3) is 0.500. The van der Waals surface area contributed by atoms with Gasteiger partial charge in [0.2, 0.25) is 5.91 Å². The molecule has 0 aromatic carbocycles. The van der Waals surface area contributed by atoms with E-state index in [-0.39, 0.29) is 11.9 Å². The predicted molar refractivity (Wildman–Crippen MR) is 80.3 cm³/mol. The zero-order valence-electron chi connectivity index (χ0n) is 12.6. The summed E-state index contributed by atoms with van der Waals surface area (Å²) in [7, 11) is 1.60. The zero-order chi connectivity index (χ0) is 15.6. The Morgan fingerprint density at radius 1 is 1.48 bits per heavy atom. The lowest BCUT2D eigenvalue weighted by Gasteiger charge is -2.37. The molecule has 1 atom stereocenters. The van der Waals surface area contributed by atoms with E-state index in [2.05, 4.69) is 15.6 Å². The van der Waals surface area contributed by atoms with Crippen LogP contribution in [-0.4, -0.2) is 49.5 Å². The van der Waals surface area contributed by atoms with Crippen molar-refractivity contribution < 1.29 is 9.59 Å². The van der Waals surface area contributed by atoms with Crippen molar-refractivity contribution in [3.05, 3.63) is 23.0 Å². The molecule has 21 heavy (non-hydrogen) atoms. The van der Waals surface area contributed by atoms with Crippen LogP contribution in [0.1, 0.15) is 21.7 Å². The van der Waals surface area contributed by atoms with Crippen LogP contribution in [-0.2, 0) is 4.79 Å². The number of nitrogens with zero attached hydrogens (tertiary/aromatic N) is 2. The fourth-order valence-electron chi connectivity index (χ4n) is 2.73. The van der Waals surface area contributed by atoms with Gasteiger partial charge in [-0.25, -0.2) is 0 Å². The molecule has 4 N–H and O–H groups in total. The molecule has 0 aliphatic carbocycles. The van der Waals surface area contributed by atoms with Gasteiger partial charge in [-0.2, -0.15) is 0 Å². The van der Waals surface area contributed by atoms with Gasteiger partial charge in [0, 0.05) is 32.4 Å². The summed E-state index contributed by atoms with van der Waals surface area (Å²) in [5.41, 5.74) is 7.96. The van der Waals surface area contributed by atoms with Gasteiger partial charge < -0.3 is 21.3 Å². The Labute approximate surface area is 123 Å². The van der Waals surface area contributed by atoms with Gasteiger partial charge in [0.05, 0.1) is 16.9 Å². The Morgan fingerprint density at radius 2 is 2.19 bits per heavy atom. The average Bonchev–Trinajstić information content (AvgIpc) is 2.45. The maximum atomic E-state index is 12.1. The topological polar surface area (TPSA) is 100 Å². The van der Waals surface area contributed by atoms with Gasteiger partial charge >= 0.3 is 0 Å². The smallest absolute Gasteiger partial charge is 0.252 e. The first-order chi connectivity index (χ1) is 9.95. The highest BCUT2D eigenvalue weighted by Crippen LogP contribution is 2.26. The lowest BCUT2D eigenvalue weighted by molar-refractivity contribution is -0.122. The van der Waals surface area contributed by atoms with E-state index in [1.165, 1.54) is 0 Å². The molecule has 2 rings (SSSR count). The number of anilines is 1. The van der Waals surface area contributed by atoms with E-state index in [9.17, 15) is 9.59 Å². The monoisotopic (exact) mass is 291 g/mol. The summed E-state index contributed by atoms with van der Waals surface area (Å²) in [6.45, 7) is 5.51. The summed E-state index contributed by atoms with van der Waals surface area (Å²) in [5.74, 6) is -0.617. The average molecular weight is 291 g/mol. The van der Waals surface area contributed by atoms with E-state index >= 15 is 0 Å². The van der Waals surface area contributed by atoms with E-state index in [1.54, 1.807) is 14.0 Å². The molecule has 0 bridgehead atoms. The molecule has 1 aromatic heterocycles. The number of aromatic nitrogens is 1. The largest absolute Gasteiger partial charge is 0.365 e. The fourth-order valence-corrected chi connectivity index (χ4v) is 2.73. The first kappa shape index (κ1) is 15.2. The van der Waals surface area contributed by atoms with Crippen molar-refractivity contribution >= 4 is 17.5 Å². The van der Waals surface area contributed by atoms with Crippen molar-refractivity contribution in [1.82, 2.24) is 15.6 Å². The van der Waals surface area contributed by atoms with E-state index in [0.29, 0.717) is 30.0 Å². The number of carbonyl (C=O) groups is 2. The summed E-state index contributed by atoms with van der Waals surface area (Å²) in [4.78, 5) is 30.1. The van der Waals surface area contributed by atoms with Gasteiger partial charge in [-0.1, -0.05) is 0 Å². The normalized spacial score (nSPS) is 18.4. The van der Waals surface area contributed by atoms with E-state index < -0.39 is 5.91 Å². The summed E-state index contributed by atoms with van der Waals surface area (Å²) in [5, 5.41) is 5.85. The van der Waals surface area contributed by atoms with Crippen molar-refractivity contribution in [2.24, 2.45) is 5.73 Å². The van der Waals surface area contributed by atoms with Crippen molar-refractivity contribution in [1.29, 1.82) is 0 Å². The van der Waals surface area contributed by atoms with Crippen LogP contribution < -0.4 is 21.3 Å². The third-order valence-electron chi connectivity index (χ3n) is 3.66. The quantitative estimate of drug-likeness (QED) is 0.685. The number of pyridine rings is 1. The molecular weight excluding hydrogens is 270 g/mol. The highest BCUT2D eigenvalue weighted by Gasteiger charge is 2.31. The summed E-state index contributed by atoms with van der Waals surface area (Å²) < 4.78 is 0. The van der Waals surface area contributed by atoms with E-state index in [0.717, 1.165) is 12.2 Å². The molecule has 0 spiro atoms. The van der Waals surface area contributed by atoms with Crippen LogP contribution in [0.25, 0.3) is 0 Å². The predicted octanol–water partition coefficient (Wildman–Crippen LogP) is -0.678. The van der Waals surface area contributed by atoms with Crippen LogP contribution in [0.4, 0.5) is 5.69 Å². The number of hydrogen-bond donors (Lipinski definition) is 3. The highest BCUT2D eigenvalue weighted by molar-refractivity contribution is 6.00. The van der Waals surface area contributed by atoms with Gasteiger partial charge in [-0.05, 0) is 19.9 Å². The molecule has 1 aliphatic heterocycles. The SMILES string of the molecule is CNC(=O)C1CNCCN1c1cc(C)nc(C)c1C(N)=O. The maximum absolute atomic E-state index is 12.1. The number of nitrogens with one attached hydrogen (secondary N) is 2. The van der Waals surface area contributed by atoms with Gasteiger partial charge in [-0.3, -0.25) is 14.6 Å². The number of primary amides is 1. The number of amides is 2. The molecule has 114 valence electrons. The second-order valence-electron chi connectivity index (χ2n) is 5.13. The Morgan fingerprint density at radius 3 is 2.81 bits per heavy atom. The number of likely N-dealkylation sites (N-methyl/N-ethyl adjacent to an activating group) is 1. The van der Waals surface area contributed by atoms with Gasteiger partial charge in [0.25, 0.3) is 5.91 Å². The first-order valence-corrected chi connectivity index (χ1v) is 6.92. The minimum Gasteiger partial charge on any atom is -0.365 e. The number of carbonyl (C=O) groups excluding carboxylic acids is 2. The van der Waals surface area contributed by atoms with Crippen LogP contribution >= 0.6 is 0 Å². The van der Waals surface area contributed by atoms with Gasteiger partial charge in [0.15, 0.2) is 0 Å². The van der Waals surface area contributed by atoms with Gasteiger partial charge in [0.1, 0.15) is 6.04 Å². The van der Waals surface area contributed by atoms with Crippen molar-refractivity contribution in [3.8, 4) is 0 Å². The second kappa shape index (κ2) is 6.09. The minimum absolute atomic E-state index is 0.0928. The zero-order valence-corrected chi connectivity index (χ0v) is 12.6.